The third-order valence-corrected chi connectivity index (χ3v) is 3.67. The van der Waals surface area contributed by atoms with E-state index >= 15 is 0 Å². The van der Waals surface area contributed by atoms with Crippen LogP contribution >= 0.6 is 11.3 Å². The topological polar surface area (TPSA) is 58.3 Å². The Morgan fingerprint density at radius 3 is 2.35 bits per heavy atom. The minimum atomic E-state index is 0.568. The molecule has 0 radical (unpaired) electrons. The number of nitrogens with zero attached hydrogens (tertiary/aromatic N) is 4. The lowest BCUT2D eigenvalue weighted by Crippen LogP contribution is -2.46. The van der Waals surface area contributed by atoms with Crippen molar-refractivity contribution in [2.75, 3.05) is 38.5 Å². The Balaban J connectivity index is 1.75. The van der Waals surface area contributed by atoms with E-state index in [2.05, 4.69) is 33.8 Å². The van der Waals surface area contributed by atoms with E-state index in [1.165, 1.54) is 17.9 Å². The lowest BCUT2D eigenvalue weighted by atomic mass is 10.2. The van der Waals surface area contributed by atoms with Gasteiger partial charge in [-0.25, -0.2) is 0 Å². The third kappa shape index (κ3) is 3.90. The largest absolute Gasteiger partial charge is 0.374 e. The molecule has 0 saturated carbocycles. The number of aromatic nitrogens is 2. The standard InChI is InChI=1S/C11H21N5S/c1-9(2)7-15-3-5-16(6-4-15)8-10-13-14-11(12)17-10/h9H,3-8H2,1-2H3,(H2,12,14). The van der Waals surface area contributed by atoms with Crippen molar-refractivity contribution >= 4 is 16.5 Å². The molecule has 1 saturated heterocycles. The number of piperazine rings is 1. The summed E-state index contributed by atoms with van der Waals surface area (Å²) >= 11 is 1.49. The van der Waals surface area contributed by atoms with Crippen LogP contribution in [0.2, 0.25) is 0 Å². The van der Waals surface area contributed by atoms with Gasteiger partial charge in [0.1, 0.15) is 5.01 Å². The molecule has 1 aliphatic rings. The predicted octanol–water partition coefficient (Wildman–Crippen LogP) is 0.894. The van der Waals surface area contributed by atoms with Crippen molar-refractivity contribution in [1.82, 2.24) is 20.0 Å². The summed E-state index contributed by atoms with van der Waals surface area (Å²) in [5.41, 5.74) is 5.58. The molecular formula is C11H21N5S. The van der Waals surface area contributed by atoms with Gasteiger partial charge in [0.05, 0.1) is 6.54 Å². The van der Waals surface area contributed by atoms with Crippen molar-refractivity contribution in [1.29, 1.82) is 0 Å². The van der Waals surface area contributed by atoms with Crippen molar-refractivity contribution in [3.8, 4) is 0 Å². The minimum Gasteiger partial charge on any atom is -0.374 e. The van der Waals surface area contributed by atoms with Crippen molar-refractivity contribution in [2.45, 2.75) is 20.4 Å². The Labute approximate surface area is 107 Å². The number of nitrogens with two attached hydrogens (primary N) is 1. The first-order valence-electron chi connectivity index (χ1n) is 6.16. The second-order valence-corrected chi connectivity index (χ2v) is 6.10. The van der Waals surface area contributed by atoms with E-state index in [-0.39, 0.29) is 0 Å². The summed E-state index contributed by atoms with van der Waals surface area (Å²) < 4.78 is 0. The fourth-order valence-corrected chi connectivity index (χ4v) is 2.82. The molecule has 1 fully saturated rings. The minimum absolute atomic E-state index is 0.568. The zero-order chi connectivity index (χ0) is 12.3. The first-order chi connectivity index (χ1) is 8.13. The van der Waals surface area contributed by atoms with Gasteiger partial charge in [0.25, 0.3) is 0 Å². The molecular weight excluding hydrogens is 234 g/mol. The Bertz CT molecular complexity index is 343. The van der Waals surface area contributed by atoms with Crippen LogP contribution in [0.15, 0.2) is 0 Å². The van der Waals surface area contributed by atoms with E-state index in [1.54, 1.807) is 0 Å². The van der Waals surface area contributed by atoms with Crippen LogP contribution in [0.25, 0.3) is 0 Å². The highest BCUT2D eigenvalue weighted by Crippen LogP contribution is 2.14. The average molecular weight is 255 g/mol. The van der Waals surface area contributed by atoms with E-state index in [0.29, 0.717) is 5.13 Å². The Morgan fingerprint density at radius 2 is 1.82 bits per heavy atom. The molecule has 2 heterocycles. The molecule has 0 aliphatic carbocycles. The van der Waals surface area contributed by atoms with Crippen LogP contribution in [0.1, 0.15) is 18.9 Å². The molecule has 0 bridgehead atoms. The maximum Gasteiger partial charge on any atom is 0.203 e. The van der Waals surface area contributed by atoms with Crippen LogP contribution in [0, 0.1) is 5.92 Å². The summed E-state index contributed by atoms with van der Waals surface area (Å²) in [6.45, 7) is 11.2. The summed E-state index contributed by atoms with van der Waals surface area (Å²) in [7, 11) is 0. The van der Waals surface area contributed by atoms with Crippen LogP contribution in [0.5, 0.6) is 0 Å². The number of hydrogen-bond acceptors (Lipinski definition) is 6. The van der Waals surface area contributed by atoms with Gasteiger partial charge in [-0.1, -0.05) is 25.2 Å². The predicted molar refractivity (Wildman–Crippen MR) is 70.9 cm³/mol. The smallest absolute Gasteiger partial charge is 0.203 e. The lowest BCUT2D eigenvalue weighted by molar-refractivity contribution is 0.117. The van der Waals surface area contributed by atoms with Crippen LogP contribution in [0.3, 0.4) is 0 Å². The zero-order valence-electron chi connectivity index (χ0n) is 10.6. The van der Waals surface area contributed by atoms with Crippen molar-refractivity contribution in [2.24, 2.45) is 5.92 Å². The summed E-state index contributed by atoms with van der Waals surface area (Å²) in [6, 6.07) is 0. The zero-order valence-corrected chi connectivity index (χ0v) is 11.4. The van der Waals surface area contributed by atoms with E-state index in [4.69, 9.17) is 5.73 Å². The van der Waals surface area contributed by atoms with Crippen molar-refractivity contribution < 1.29 is 0 Å². The number of rotatable bonds is 4. The maximum atomic E-state index is 5.58. The molecule has 1 aliphatic heterocycles. The molecule has 1 aromatic heterocycles. The van der Waals surface area contributed by atoms with Crippen molar-refractivity contribution in [3.63, 3.8) is 0 Å². The van der Waals surface area contributed by atoms with E-state index < -0.39 is 0 Å². The molecule has 1 aromatic rings. The molecule has 0 atom stereocenters. The second kappa shape index (κ2) is 5.75. The Hall–Kier alpha value is -0.720. The monoisotopic (exact) mass is 255 g/mol. The fraction of sp³-hybridized carbons (Fsp3) is 0.818. The summed E-state index contributed by atoms with van der Waals surface area (Å²) in [5.74, 6) is 0.754. The molecule has 0 unspecified atom stereocenters. The maximum absolute atomic E-state index is 5.58. The lowest BCUT2D eigenvalue weighted by Gasteiger charge is -2.34. The third-order valence-electron chi connectivity index (χ3n) is 2.93. The number of anilines is 1. The molecule has 6 heteroatoms. The van der Waals surface area contributed by atoms with E-state index in [1.807, 2.05) is 0 Å². The number of hydrogen-bond donors (Lipinski definition) is 1. The Morgan fingerprint density at radius 1 is 1.18 bits per heavy atom. The van der Waals surface area contributed by atoms with Gasteiger partial charge >= 0.3 is 0 Å². The van der Waals surface area contributed by atoms with Gasteiger partial charge in [-0.05, 0) is 5.92 Å². The number of nitrogen functional groups attached to an aromatic ring is 1. The van der Waals surface area contributed by atoms with E-state index in [0.717, 1.165) is 43.6 Å². The molecule has 5 nitrogen and oxygen atoms in total. The molecule has 96 valence electrons. The average Bonchev–Trinajstić information content (AvgIpc) is 2.66. The van der Waals surface area contributed by atoms with Crippen LogP contribution in [-0.2, 0) is 6.54 Å². The molecule has 0 amide bonds. The summed E-state index contributed by atoms with van der Waals surface area (Å²) in [6.07, 6.45) is 0. The highest BCUT2D eigenvalue weighted by atomic mass is 32.1. The van der Waals surface area contributed by atoms with Crippen LogP contribution in [0.4, 0.5) is 5.13 Å². The first kappa shape index (κ1) is 12.7. The van der Waals surface area contributed by atoms with Crippen LogP contribution < -0.4 is 5.73 Å². The second-order valence-electron chi connectivity index (χ2n) is 5.00. The van der Waals surface area contributed by atoms with E-state index in [9.17, 15) is 0 Å². The summed E-state index contributed by atoms with van der Waals surface area (Å²) in [4.78, 5) is 4.96. The van der Waals surface area contributed by atoms with Gasteiger partial charge in [-0.3, -0.25) is 4.90 Å². The van der Waals surface area contributed by atoms with Gasteiger partial charge < -0.3 is 10.6 Å². The molecule has 0 aromatic carbocycles. The van der Waals surface area contributed by atoms with Gasteiger partial charge in [-0.15, -0.1) is 10.2 Å². The highest BCUT2D eigenvalue weighted by Gasteiger charge is 2.18. The first-order valence-corrected chi connectivity index (χ1v) is 6.97. The molecule has 2 N–H and O–H groups in total. The van der Waals surface area contributed by atoms with Gasteiger partial charge in [0.2, 0.25) is 5.13 Å². The molecule has 2 rings (SSSR count). The molecule has 0 spiro atoms. The van der Waals surface area contributed by atoms with Gasteiger partial charge in [0.15, 0.2) is 0 Å². The van der Waals surface area contributed by atoms with Gasteiger partial charge in [-0.2, -0.15) is 0 Å². The quantitative estimate of drug-likeness (QED) is 0.866. The van der Waals surface area contributed by atoms with Gasteiger partial charge in [0, 0.05) is 32.7 Å². The fourth-order valence-electron chi connectivity index (χ4n) is 2.17. The highest BCUT2D eigenvalue weighted by molar-refractivity contribution is 7.15. The Kier molecular flexibility index (Phi) is 4.31. The summed E-state index contributed by atoms with van der Waals surface area (Å²) in [5, 5.41) is 9.51. The van der Waals surface area contributed by atoms with Crippen molar-refractivity contribution in [3.05, 3.63) is 5.01 Å². The molecule has 17 heavy (non-hydrogen) atoms. The van der Waals surface area contributed by atoms with Crippen LogP contribution in [-0.4, -0.2) is 52.7 Å². The SMILES string of the molecule is CC(C)CN1CCN(Cc2nnc(N)s2)CC1. The normalized spacial score (nSPS) is 19.0.